The summed E-state index contributed by atoms with van der Waals surface area (Å²) in [7, 11) is -1.34. The summed E-state index contributed by atoms with van der Waals surface area (Å²) in [6.07, 6.45) is 3.86. The maximum absolute atomic E-state index is 14.7. The number of carbonyl (C=O) groups is 1. The van der Waals surface area contributed by atoms with E-state index in [4.69, 9.17) is 4.74 Å². The second-order valence-electron chi connectivity index (χ2n) is 11.2. The summed E-state index contributed by atoms with van der Waals surface area (Å²) < 4.78 is 45.7. The Labute approximate surface area is 237 Å². The van der Waals surface area contributed by atoms with Crippen LogP contribution in [0.3, 0.4) is 0 Å². The maximum Gasteiger partial charge on any atom is 0.316 e. The third kappa shape index (κ3) is 5.68. The predicted molar refractivity (Wildman–Crippen MR) is 155 cm³/mol. The molecule has 41 heavy (non-hydrogen) atoms. The molecular formula is C28H32FN7O4S. The Morgan fingerprint density at radius 3 is 2.71 bits per heavy atom. The highest BCUT2D eigenvalue weighted by Gasteiger charge is 2.29. The Hall–Kier alpha value is -3.84. The summed E-state index contributed by atoms with van der Waals surface area (Å²) >= 11 is 0. The molecule has 13 heteroatoms. The molecule has 2 fully saturated rings. The summed E-state index contributed by atoms with van der Waals surface area (Å²) in [6, 6.07) is 7.11. The van der Waals surface area contributed by atoms with Crippen LogP contribution >= 0.6 is 0 Å². The summed E-state index contributed by atoms with van der Waals surface area (Å²) in [6.45, 7) is 5.95. The van der Waals surface area contributed by atoms with Gasteiger partial charge >= 0.3 is 6.01 Å². The molecule has 2 aliphatic rings. The fourth-order valence-electron chi connectivity index (χ4n) is 5.82. The number of aryl methyl sites for hydroxylation is 1. The van der Waals surface area contributed by atoms with Gasteiger partial charge in [0.1, 0.15) is 5.52 Å². The van der Waals surface area contributed by atoms with E-state index in [1.165, 1.54) is 10.7 Å². The smallest absolute Gasteiger partial charge is 0.316 e. The Kier molecular flexibility index (Phi) is 7.02. The third-order valence-corrected chi connectivity index (χ3v) is 9.39. The number of benzene rings is 2. The maximum atomic E-state index is 14.7. The van der Waals surface area contributed by atoms with Crippen molar-refractivity contribution in [2.45, 2.75) is 32.4 Å². The average molecular weight is 582 g/mol. The monoisotopic (exact) mass is 581 g/mol. The molecule has 2 saturated heterocycles. The number of sulfone groups is 1. The van der Waals surface area contributed by atoms with E-state index in [1.807, 2.05) is 6.07 Å². The third-order valence-electron chi connectivity index (χ3n) is 7.56. The van der Waals surface area contributed by atoms with Crippen LogP contribution in [-0.2, 0) is 16.9 Å². The number of amides is 1. The number of fused-ring (bicyclic) bond motifs is 2. The standard InChI is InChI=1S/C28H32FN7O4S/c1-16-11-36(12-17(2)31-16)24-5-4-21(27(37)32-20-8-19-13-35(3)34-25(19)23(29)9-20)26-22(24)10-30-28(33-26)40-14-18-6-7-41(38,39)15-18/h4-5,8-10,13,16-18,31H,6-7,11-12,14-15H2,1-3H3,(H,32,37)/t16-,17+,18?. The van der Waals surface area contributed by atoms with Crippen molar-refractivity contribution in [3.05, 3.63) is 48.0 Å². The molecule has 2 N–H and O–H groups in total. The van der Waals surface area contributed by atoms with Gasteiger partial charge in [0, 0.05) is 72.7 Å². The highest BCUT2D eigenvalue weighted by atomic mass is 32.2. The first-order valence-corrected chi connectivity index (χ1v) is 15.4. The van der Waals surface area contributed by atoms with Crippen molar-refractivity contribution >= 4 is 48.9 Å². The number of piperazine rings is 1. The normalized spacial score (nSPS) is 22.3. The summed E-state index contributed by atoms with van der Waals surface area (Å²) in [4.78, 5) is 24.9. The molecule has 2 aromatic carbocycles. The average Bonchev–Trinajstić information content (AvgIpc) is 3.46. The van der Waals surface area contributed by atoms with Gasteiger partial charge in [0.25, 0.3) is 5.91 Å². The molecule has 216 valence electrons. The highest BCUT2D eigenvalue weighted by molar-refractivity contribution is 7.91. The minimum atomic E-state index is -3.04. The Morgan fingerprint density at radius 2 is 1.98 bits per heavy atom. The van der Waals surface area contributed by atoms with Crippen LogP contribution in [0.15, 0.2) is 36.7 Å². The van der Waals surface area contributed by atoms with E-state index in [9.17, 15) is 17.6 Å². The van der Waals surface area contributed by atoms with Crippen molar-refractivity contribution in [2.24, 2.45) is 13.0 Å². The lowest BCUT2D eigenvalue weighted by molar-refractivity contribution is 0.102. The number of aromatic nitrogens is 4. The summed E-state index contributed by atoms with van der Waals surface area (Å²) in [5, 5.41) is 11.7. The second kappa shape index (κ2) is 10.5. The molecule has 4 aromatic rings. The van der Waals surface area contributed by atoms with Gasteiger partial charge in [-0.2, -0.15) is 10.1 Å². The molecule has 0 spiro atoms. The topological polar surface area (TPSA) is 131 Å². The van der Waals surface area contributed by atoms with E-state index >= 15 is 0 Å². The van der Waals surface area contributed by atoms with Crippen molar-refractivity contribution in [3.63, 3.8) is 0 Å². The number of nitrogens with one attached hydrogen (secondary N) is 2. The number of rotatable bonds is 6. The van der Waals surface area contributed by atoms with E-state index < -0.39 is 21.6 Å². The highest BCUT2D eigenvalue weighted by Crippen LogP contribution is 2.32. The number of nitrogens with zero attached hydrogens (tertiary/aromatic N) is 5. The Balaban J connectivity index is 1.35. The van der Waals surface area contributed by atoms with Crippen LogP contribution < -0.4 is 20.3 Å². The molecule has 2 aliphatic heterocycles. The molecule has 2 aromatic heterocycles. The lowest BCUT2D eigenvalue weighted by atomic mass is 10.0. The number of hydrogen-bond acceptors (Lipinski definition) is 9. The molecule has 0 radical (unpaired) electrons. The zero-order valence-corrected chi connectivity index (χ0v) is 23.9. The number of hydrogen-bond donors (Lipinski definition) is 2. The molecule has 0 bridgehead atoms. The molecule has 0 saturated carbocycles. The van der Waals surface area contributed by atoms with E-state index in [-0.39, 0.29) is 53.2 Å². The fraction of sp³-hybridized carbons (Fsp3) is 0.429. The van der Waals surface area contributed by atoms with Gasteiger partial charge < -0.3 is 20.3 Å². The second-order valence-corrected chi connectivity index (χ2v) is 13.4. The summed E-state index contributed by atoms with van der Waals surface area (Å²) in [5.74, 6) is -0.893. The number of ether oxygens (including phenoxy) is 1. The number of anilines is 2. The predicted octanol–water partition coefficient (Wildman–Crippen LogP) is 2.91. The Morgan fingerprint density at radius 1 is 1.20 bits per heavy atom. The first-order chi connectivity index (χ1) is 19.5. The van der Waals surface area contributed by atoms with Gasteiger partial charge in [-0.05, 0) is 44.5 Å². The van der Waals surface area contributed by atoms with Crippen LogP contribution in [0.25, 0.3) is 21.8 Å². The van der Waals surface area contributed by atoms with Crippen molar-refractivity contribution < 1.29 is 22.3 Å². The van der Waals surface area contributed by atoms with Crippen LogP contribution in [-0.4, -0.2) is 77.4 Å². The first kappa shape index (κ1) is 27.3. The van der Waals surface area contributed by atoms with Gasteiger partial charge in [0.05, 0.1) is 29.2 Å². The van der Waals surface area contributed by atoms with Crippen LogP contribution in [0.1, 0.15) is 30.6 Å². The fourth-order valence-corrected chi connectivity index (χ4v) is 7.66. The molecule has 11 nitrogen and oxygen atoms in total. The van der Waals surface area contributed by atoms with Crippen molar-refractivity contribution in [1.29, 1.82) is 0 Å². The van der Waals surface area contributed by atoms with Gasteiger partial charge in [-0.1, -0.05) is 0 Å². The zero-order valence-electron chi connectivity index (χ0n) is 23.1. The molecule has 1 amide bonds. The minimum absolute atomic E-state index is 0.0675. The van der Waals surface area contributed by atoms with Gasteiger partial charge in [0.15, 0.2) is 15.7 Å². The first-order valence-electron chi connectivity index (χ1n) is 13.6. The number of carbonyl (C=O) groups excluding carboxylic acids is 1. The SMILES string of the molecule is C[C@@H]1CN(c2ccc(C(=O)Nc3cc(F)c4nn(C)cc4c3)c3nc(OCC4CCS(=O)(=O)C4)ncc23)C[C@H](C)N1. The van der Waals surface area contributed by atoms with Crippen molar-refractivity contribution in [3.8, 4) is 6.01 Å². The van der Waals surface area contributed by atoms with Gasteiger partial charge in [-0.15, -0.1) is 0 Å². The lowest BCUT2D eigenvalue weighted by Crippen LogP contribution is -2.54. The van der Waals surface area contributed by atoms with Gasteiger partial charge in [-0.3, -0.25) is 9.48 Å². The van der Waals surface area contributed by atoms with Crippen LogP contribution in [0.4, 0.5) is 15.8 Å². The largest absolute Gasteiger partial charge is 0.463 e. The minimum Gasteiger partial charge on any atom is -0.463 e. The van der Waals surface area contributed by atoms with Crippen molar-refractivity contribution in [1.82, 2.24) is 25.1 Å². The molecule has 1 unspecified atom stereocenters. The van der Waals surface area contributed by atoms with Gasteiger partial charge in [0.2, 0.25) is 0 Å². The van der Waals surface area contributed by atoms with Gasteiger partial charge in [-0.25, -0.2) is 17.8 Å². The van der Waals surface area contributed by atoms with Crippen LogP contribution in [0, 0.1) is 11.7 Å². The van der Waals surface area contributed by atoms with E-state index in [2.05, 4.69) is 44.4 Å². The van der Waals surface area contributed by atoms with Crippen molar-refractivity contribution in [2.75, 3.05) is 41.4 Å². The molecule has 6 rings (SSSR count). The lowest BCUT2D eigenvalue weighted by Gasteiger charge is -2.38. The van der Waals surface area contributed by atoms with Crippen LogP contribution in [0.2, 0.25) is 0 Å². The summed E-state index contributed by atoms with van der Waals surface area (Å²) in [5.41, 5.74) is 2.09. The quantitative estimate of drug-likeness (QED) is 0.353. The van der Waals surface area contributed by atoms with E-state index in [0.29, 0.717) is 28.4 Å². The molecule has 3 atom stereocenters. The number of halogens is 1. The Bertz CT molecular complexity index is 1750. The molecule has 4 heterocycles. The zero-order chi connectivity index (χ0) is 28.9. The molecule has 0 aliphatic carbocycles. The van der Waals surface area contributed by atoms with Crippen LogP contribution in [0.5, 0.6) is 6.01 Å². The van der Waals surface area contributed by atoms with E-state index in [1.54, 1.807) is 31.6 Å². The van der Waals surface area contributed by atoms with E-state index in [0.717, 1.165) is 18.8 Å². The molecular weight excluding hydrogens is 549 g/mol.